The molecule has 2 aliphatic rings. The van der Waals surface area contributed by atoms with Gasteiger partial charge in [0.25, 0.3) is 5.79 Å². The van der Waals surface area contributed by atoms with Gasteiger partial charge >= 0.3 is 11.9 Å². The standard InChI is InChI=1S/C18H22O5/c1-11(2)17-9-8-12(3)10-18(17,21)23-16(20)14-7-5-4-6-13(14)15(19)22-17/h4-7,11-12,21H,8-10H2,1-3H3/t12-,17+,18-/m1/s1. The molecule has 1 fully saturated rings. The zero-order chi connectivity index (χ0) is 16.8. The molecule has 1 aliphatic heterocycles. The van der Waals surface area contributed by atoms with Crippen molar-refractivity contribution in [2.75, 3.05) is 0 Å². The number of benzene rings is 1. The molecule has 0 radical (unpaired) electrons. The number of hydrogen-bond donors (Lipinski definition) is 1. The third-order valence-electron chi connectivity index (χ3n) is 5.13. The average Bonchev–Trinajstić information content (AvgIpc) is 2.48. The maximum atomic E-state index is 12.7. The quantitative estimate of drug-likeness (QED) is 0.806. The van der Waals surface area contributed by atoms with Crippen molar-refractivity contribution in [3.8, 4) is 0 Å². The Balaban J connectivity index is 2.16. The minimum Gasteiger partial charge on any atom is -0.448 e. The maximum Gasteiger partial charge on any atom is 0.341 e. The molecule has 5 nitrogen and oxygen atoms in total. The van der Waals surface area contributed by atoms with Gasteiger partial charge in [0.1, 0.15) is 0 Å². The molecule has 1 aromatic carbocycles. The van der Waals surface area contributed by atoms with Crippen LogP contribution in [-0.4, -0.2) is 28.4 Å². The van der Waals surface area contributed by atoms with Gasteiger partial charge in [-0.1, -0.05) is 32.9 Å². The van der Waals surface area contributed by atoms with Gasteiger partial charge in [-0.2, -0.15) is 0 Å². The zero-order valence-electron chi connectivity index (χ0n) is 13.7. The van der Waals surface area contributed by atoms with Crippen molar-refractivity contribution in [1.82, 2.24) is 0 Å². The molecular formula is C18H22O5. The Morgan fingerprint density at radius 2 is 1.70 bits per heavy atom. The van der Waals surface area contributed by atoms with Crippen molar-refractivity contribution in [3.63, 3.8) is 0 Å². The number of aliphatic hydroxyl groups is 1. The van der Waals surface area contributed by atoms with E-state index in [1.54, 1.807) is 18.2 Å². The number of carbonyl (C=O) groups excluding carboxylic acids is 2. The lowest BCUT2D eigenvalue weighted by Gasteiger charge is -2.52. The summed E-state index contributed by atoms with van der Waals surface area (Å²) in [7, 11) is 0. The summed E-state index contributed by atoms with van der Waals surface area (Å²) < 4.78 is 11.3. The summed E-state index contributed by atoms with van der Waals surface area (Å²) in [6, 6.07) is 6.38. The molecular weight excluding hydrogens is 296 g/mol. The van der Waals surface area contributed by atoms with Crippen molar-refractivity contribution < 1.29 is 24.2 Å². The lowest BCUT2D eigenvalue weighted by Crippen LogP contribution is -2.65. The van der Waals surface area contributed by atoms with Gasteiger partial charge in [0, 0.05) is 6.42 Å². The predicted molar refractivity (Wildman–Crippen MR) is 82.8 cm³/mol. The van der Waals surface area contributed by atoms with Crippen LogP contribution in [0.25, 0.3) is 0 Å². The van der Waals surface area contributed by atoms with E-state index in [4.69, 9.17) is 9.47 Å². The molecule has 5 heteroatoms. The first-order valence-corrected chi connectivity index (χ1v) is 8.07. The van der Waals surface area contributed by atoms with E-state index in [9.17, 15) is 14.7 Å². The van der Waals surface area contributed by atoms with Crippen LogP contribution < -0.4 is 0 Å². The van der Waals surface area contributed by atoms with E-state index in [1.807, 2.05) is 20.8 Å². The smallest absolute Gasteiger partial charge is 0.341 e. The van der Waals surface area contributed by atoms with Crippen LogP contribution in [0.15, 0.2) is 24.3 Å². The van der Waals surface area contributed by atoms with Gasteiger partial charge in [-0.15, -0.1) is 0 Å². The van der Waals surface area contributed by atoms with Gasteiger partial charge in [-0.3, -0.25) is 0 Å². The molecule has 0 spiro atoms. The second-order valence-electron chi connectivity index (χ2n) is 7.00. The Hall–Kier alpha value is -1.88. The van der Waals surface area contributed by atoms with Crippen LogP contribution in [-0.2, 0) is 9.47 Å². The summed E-state index contributed by atoms with van der Waals surface area (Å²) in [4.78, 5) is 25.2. The highest BCUT2D eigenvalue weighted by Crippen LogP contribution is 2.49. The van der Waals surface area contributed by atoms with Crippen molar-refractivity contribution >= 4 is 11.9 Å². The number of hydrogen-bond acceptors (Lipinski definition) is 5. The Labute approximate surface area is 135 Å². The topological polar surface area (TPSA) is 72.8 Å². The number of fused-ring (bicyclic) bond motifs is 2. The van der Waals surface area contributed by atoms with E-state index >= 15 is 0 Å². The molecule has 3 atom stereocenters. The van der Waals surface area contributed by atoms with E-state index in [0.717, 1.165) is 6.42 Å². The second kappa shape index (κ2) is 5.34. The Morgan fingerprint density at radius 3 is 2.26 bits per heavy atom. The molecule has 1 N–H and O–H groups in total. The van der Waals surface area contributed by atoms with Crippen LogP contribution in [0.1, 0.15) is 60.7 Å². The highest BCUT2D eigenvalue weighted by Gasteiger charge is 2.62. The molecule has 1 saturated carbocycles. The fourth-order valence-corrected chi connectivity index (χ4v) is 3.79. The van der Waals surface area contributed by atoms with E-state index in [2.05, 4.69) is 0 Å². The predicted octanol–water partition coefficient (Wildman–Crippen LogP) is 2.92. The summed E-state index contributed by atoms with van der Waals surface area (Å²) >= 11 is 0. The van der Waals surface area contributed by atoms with Crippen LogP contribution in [0.2, 0.25) is 0 Å². The fraction of sp³-hybridized carbons (Fsp3) is 0.556. The molecule has 1 aromatic rings. The highest BCUT2D eigenvalue weighted by molar-refractivity contribution is 6.03. The molecule has 124 valence electrons. The number of rotatable bonds is 1. The molecule has 0 aromatic heterocycles. The van der Waals surface area contributed by atoms with E-state index in [-0.39, 0.29) is 29.4 Å². The first-order valence-electron chi connectivity index (χ1n) is 8.07. The Bertz CT molecular complexity index is 653. The van der Waals surface area contributed by atoms with E-state index in [1.165, 1.54) is 6.07 Å². The molecule has 3 rings (SSSR count). The fourth-order valence-electron chi connectivity index (χ4n) is 3.79. The summed E-state index contributed by atoms with van der Waals surface area (Å²) in [5.41, 5.74) is -0.917. The third kappa shape index (κ3) is 2.34. The van der Waals surface area contributed by atoms with Crippen LogP contribution in [0.4, 0.5) is 0 Å². The first kappa shape index (κ1) is 16.0. The maximum absolute atomic E-state index is 12.7. The van der Waals surface area contributed by atoms with Gasteiger partial charge < -0.3 is 14.6 Å². The largest absolute Gasteiger partial charge is 0.448 e. The van der Waals surface area contributed by atoms with Gasteiger partial charge in [0.2, 0.25) is 0 Å². The molecule has 0 unspecified atom stereocenters. The van der Waals surface area contributed by atoms with Crippen molar-refractivity contribution in [3.05, 3.63) is 35.4 Å². The van der Waals surface area contributed by atoms with Gasteiger partial charge in [-0.05, 0) is 36.8 Å². The van der Waals surface area contributed by atoms with Gasteiger partial charge in [0.05, 0.1) is 11.1 Å². The lowest BCUT2D eigenvalue weighted by molar-refractivity contribution is -0.307. The van der Waals surface area contributed by atoms with Crippen molar-refractivity contribution in [2.45, 2.75) is 51.4 Å². The van der Waals surface area contributed by atoms with Gasteiger partial charge in [0.15, 0.2) is 5.60 Å². The number of esters is 2. The average molecular weight is 318 g/mol. The summed E-state index contributed by atoms with van der Waals surface area (Å²) in [5, 5.41) is 11.2. The summed E-state index contributed by atoms with van der Waals surface area (Å²) in [6.45, 7) is 5.73. The van der Waals surface area contributed by atoms with E-state index in [0.29, 0.717) is 6.42 Å². The first-order chi connectivity index (χ1) is 10.8. The van der Waals surface area contributed by atoms with Crippen LogP contribution in [0.5, 0.6) is 0 Å². The molecule has 1 aliphatic carbocycles. The summed E-state index contributed by atoms with van der Waals surface area (Å²) in [5.74, 6) is -3.09. The van der Waals surface area contributed by atoms with Crippen LogP contribution >= 0.6 is 0 Å². The van der Waals surface area contributed by atoms with Gasteiger partial charge in [-0.25, -0.2) is 9.59 Å². The highest BCUT2D eigenvalue weighted by atomic mass is 16.7. The monoisotopic (exact) mass is 318 g/mol. The van der Waals surface area contributed by atoms with Crippen molar-refractivity contribution in [1.29, 1.82) is 0 Å². The van der Waals surface area contributed by atoms with Crippen molar-refractivity contribution in [2.24, 2.45) is 11.8 Å². The molecule has 23 heavy (non-hydrogen) atoms. The second-order valence-corrected chi connectivity index (χ2v) is 7.00. The van der Waals surface area contributed by atoms with Crippen LogP contribution in [0.3, 0.4) is 0 Å². The Morgan fingerprint density at radius 1 is 1.13 bits per heavy atom. The zero-order valence-corrected chi connectivity index (χ0v) is 13.7. The van der Waals surface area contributed by atoms with E-state index < -0.39 is 23.3 Å². The number of ether oxygens (including phenoxy) is 2. The summed E-state index contributed by atoms with van der Waals surface area (Å²) in [6.07, 6.45) is 1.52. The third-order valence-corrected chi connectivity index (χ3v) is 5.13. The molecule has 0 amide bonds. The molecule has 0 saturated heterocycles. The van der Waals surface area contributed by atoms with Crippen LogP contribution in [0, 0.1) is 11.8 Å². The number of carbonyl (C=O) groups is 2. The minimum atomic E-state index is -1.81. The minimum absolute atomic E-state index is 0.126. The SMILES string of the molecule is CC(C)[C@@]12CC[C@@H](C)C[C@@]1(O)OC(=O)c1ccccc1C(=O)O2. The normalized spacial score (nSPS) is 33.9. The Kier molecular flexibility index (Phi) is 3.71. The molecule has 1 heterocycles. The molecule has 0 bridgehead atoms. The lowest BCUT2D eigenvalue weighted by atomic mass is 9.68.